The second kappa shape index (κ2) is 7.23. The summed E-state index contributed by atoms with van der Waals surface area (Å²) in [7, 11) is 0. The van der Waals surface area contributed by atoms with Gasteiger partial charge in [0, 0.05) is 11.4 Å². The molecule has 0 N–H and O–H groups in total. The highest BCUT2D eigenvalue weighted by Crippen LogP contribution is 2.35. The van der Waals surface area contributed by atoms with Crippen molar-refractivity contribution in [2.45, 2.75) is 46.1 Å². The molecular formula is C21H24N2O2S. The molecule has 26 heavy (non-hydrogen) atoms. The Morgan fingerprint density at radius 2 is 2.12 bits per heavy atom. The molecule has 136 valence electrons. The van der Waals surface area contributed by atoms with Crippen LogP contribution in [0.2, 0.25) is 0 Å². The van der Waals surface area contributed by atoms with E-state index in [-0.39, 0.29) is 5.56 Å². The lowest BCUT2D eigenvalue weighted by molar-refractivity contribution is 0.300. The average molecular weight is 369 g/mol. The van der Waals surface area contributed by atoms with Gasteiger partial charge in [-0.1, -0.05) is 25.1 Å². The molecule has 0 radical (unpaired) electrons. The summed E-state index contributed by atoms with van der Waals surface area (Å²) in [6.07, 6.45) is 4.04. The highest BCUT2D eigenvalue weighted by Gasteiger charge is 2.23. The van der Waals surface area contributed by atoms with E-state index in [2.05, 4.69) is 6.92 Å². The Morgan fingerprint density at radius 3 is 2.92 bits per heavy atom. The molecule has 3 aromatic rings. The predicted molar refractivity (Wildman–Crippen MR) is 106 cm³/mol. The van der Waals surface area contributed by atoms with Crippen LogP contribution in [-0.4, -0.2) is 16.2 Å². The maximum atomic E-state index is 13.1. The van der Waals surface area contributed by atoms with Gasteiger partial charge in [0.15, 0.2) is 0 Å². The van der Waals surface area contributed by atoms with Gasteiger partial charge >= 0.3 is 0 Å². The molecule has 1 aliphatic rings. The number of para-hydroxylation sites is 1. The predicted octanol–water partition coefficient (Wildman–Crippen LogP) is 4.36. The Bertz CT molecular complexity index is 975. The first kappa shape index (κ1) is 17.3. The summed E-state index contributed by atoms with van der Waals surface area (Å²) in [5.74, 6) is 2.37. The van der Waals surface area contributed by atoms with Crippen LogP contribution in [0, 0.1) is 12.8 Å². The number of benzene rings is 1. The number of hydrogen-bond donors (Lipinski definition) is 0. The van der Waals surface area contributed by atoms with Crippen molar-refractivity contribution >= 4 is 21.6 Å². The molecule has 4 nitrogen and oxygen atoms in total. The molecule has 1 aliphatic carbocycles. The summed E-state index contributed by atoms with van der Waals surface area (Å²) in [6, 6.07) is 9.79. The lowest BCUT2D eigenvalue weighted by Gasteiger charge is -2.17. The monoisotopic (exact) mass is 368 g/mol. The van der Waals surface area contributed by atoms with Crippen LogP contribution in [0.3, 0.4) is 0 Å². The van der Waals surface area contributed by atoms with Crippen molar-refractivity contribution in [1.29, 1.82) is 0 Å². The minimum atomic E-state index is 0.124. The summed E-state index contributed by atoms with van der Waals surface area (Å²) in [5.41, 5.74) is 1.38. The molecule has 0 amide bonds. The molecule has 1 atom stereocenters. The minimum Gasteiger partial charge on any atom is -0.494 e. The van der Waals surface area contributed by atoms with Crippen molar-refractivity contribution in [3.63, 3.8) is 0 Å². The second-order valence-electron chi connectivity index (χ2n) is 7.16. The van der Waals surface area contributed by atoms with Crippen LogP contribution in [-0.2, 0) is 19.4 Å². The fourth-order valence-electron chi connectivity index (χ4n) is 3.72. The van der Waals surface area contributed by atoms with Crippen LogP contribution in [0.4, 0.5) is 0 Å². The number of aryl methyl sites for hydroxylation is 2. The van der Waals surface area contributed by atoms with Gasteiger partial charge in [0.2, 0.25) is 0 Å². The van der Waals surface area contributed by atoms with Crippen LogP contribution in [0.15, 0.2) is 35.1 Å². The first-order chi connectivity index (χ1) is 12.6. The van der Waals surface area contributed by atoms with Gasteiger partial charge in [-0.15, -0.1) is 11.3 Å². The van der Waals surface area contributed by atoms with Gasteiger partial charge in [0.25, 0.3) is 5.56 Å². The number of hydrogen-bond acceptors (Lipinski definition) is 4. The summed E-state index contributed by atoms with van der Waals surface area (Å²) in [4.78, 5) is 20.1. The van der Waals surface area contributed by atoms with Crippen molar-refractivity contribution < 1.29 is 4.74 Å². The number of aromatic nitrogens is 2. The molecule has 2 aromatic heterocycles. The summed E-state index contributed by atoms with van der Waals surface area (Å²) < 4.78 is 7.57. The van der Waals surface area contributed by atoms with Gasteiger partial charge in [-0.2, -0.15) is 0 Å². The Hall–Kier alpha value is -2.14. The van der Waals surface area contributed by atoms with Crippen LogP contribution < -0.4 is 10.3 Å². The minimum absolute atomic E-state index is 0.124. The van der Waals surface area contributed by atoms with E-state index in [1.165, 1.54) is 10.4 Å². The molecule has 1 unspecified atom stereocenters. The van der Waals surface area contributed by atoms with E-state index in [4.69, 9.17) is 9.72 Å². The number of thiophene rings is 1. The maximum absolute atomic E-state index is 13.1. The molecule has 0 saturated heterocycles. The van der Waals surface area contributed by atoms with Gasteiger partial charge < -0.3 is 4.74 Å². The van der Waals surface area contributed by atoms with Gasteiger partial charge in [-0.3, -0.25) is 9.36 Å². The van der Waals surface area contributed by atoms with Crippen LogP contribution in [0.5, 0.6) is 5.75 Å². The van der Waals surface area contributed by atoms with Gasteiger partial charge in [-0.25, -0.2) is 4.98 Å². The topological polar surface area (TPSA) is 44.1 Å². The van der Waals surface area contributed by atoms with Crippen LogP contribution in [0.1, 0.15) is 36.0 Å². The first-order valence-electron chi connectivity index (χ1n) is 9.33. The number of rotatable bonds is 5. The van der Waals surface area contributed by atoms with E-state index >= 15 is 0 Å². The Labute approximate surface area is 157 Å². The Morgan fingerprint density at radius 1 is 1.31 bits per heavy atom. The number of nitrogens with zero attached hydrogens (tertiary/aromatic N) is 2. The van der Waals surface area contributed by atoms with Crippen LogP contribution in [0.25, 0.3) is 10.2 Å². The zero-order valence-electron chi connectivity index (χ0n) is 15.3. The molecule has 5 heteroatoms. The van der Waals surface area contributed by atoms with E-state index in [1.54, 1.807) is 11.3 Å². The molecule has 0 aliphatic heterocycles. The van der Waals surface area contributed by atoms with E-state index < -0.39 is 0 Å². The lowest BCUT2D eigenvalue weighted by atomic mass is 9.89. The van der Waals surface area contributed by atoms with Crippen molar-refractivity contribution in [2.75, 3.05) is 6.61 Å². The second-order valence-corrected chi connectivity index (χ2v) is 8.25. The highest BCUT2D eigenvalue weighted by molar-refractivity contribution is 7.18. The van der Waals surface area contributed by atoms with Crippen molar-refractivity contribution in [1.82, 2.24) is 9.55 Å². The SMILES string of the molecule is Cc1nc2sc3c(c2c(=O)n1CCCOc1ccccc1)CCC(C)C3. The fourth-order valence-corrected chi connectivity index (χ4v) is 5.14. The standard InChI is InChI=1S/C21H24N2O2S/c1-14-9-10-17-18(13-14)26-20-19(17)21(24)23(15(2)22-20)11-6-12-25-16-7-4-3-5-8-16/h3-5,7-8,14H,6,9-13H2,1-2H3. The first-order valence-corrected chi connectivity index (χ1v) is 10.1. The third-order valence-electron chi connectivity index (χ3n) is 5.14. The summed E-state index contributed by atoms with van der Waals surface area (Å²) >= 11 is 1.72. The molecule has 4 rings (SSSR count). The third kappa shape index (κ3) is 3.28. The smallest absolute Gasteiger partial charge is 0.262 e. The maximum Gasteiger partial charge on any atom is 0.262 e. The normalized spacial score (nSPS) is 16.6. The summed E-state index contributed by atoms with van der Waals surface area (Å²) in [5, 5.41) is 0.867. The largest absolute Gasteiger partial charge is 0.494 e. The Balaban J connectivity index is 1.54. The third-order valence-corrected chi connectivity index (χ3v) is 6.29. The van der Waals surface area contributed by atoms with Gasteiger partial charge in [0.1, 0.15) is 16.4 Å². The van der Waals surface area contributed by atoms with Crippen LogP contribution >= 0.6 is 11.3 Å². The molecule has 2 heterocycles. The molecular weight excluding hydrogens is 344 g/mol. The van der Waals surface area contributed by atoms with E-state index in [0.717, 1.165) is 47.5 Å². The summed E-state index contributed by atoms with van der Waals surface area (Å²) in [6.45, 7) is 5.45. The fraction of sp³-hybridized carbons (Fsp3) is 0.429. The molecule has 0 saturated carbocycles. The average Bonchev–Trinajstić information content (AvgIpc) is 2.98. The zero-order valence-corrected chi connectivity index (χ0v) is 16.1. The molecule has 0 bridgehead atoms. The Kier molecular flexibility index (Phi) is 4.81. The van der Waals surface area contributed by atoms with E-state index in [9.17, 15) is 4.79 Å². The number of ether oxygens (including phenoxy) is 1. The number of fused-ring (bicyclic) bond motifs is 3. The van der Waals surface area contributed by atoms with Gasteiger partial charge in [-0.05, 0) is 56.2 Å². The van der Waals surface area contributed by atoms with E-state index in [1.807, 2.05) is 41.8 Å². The van der Waals surface area contributed by atoms with E-state index in [0.29, 0.717) is 19.1 Å². The lowest BCUT2D eigenvalue weighted by Crippen LogP contribution is -2.25. The van der Waals surface area contributed by atoms with Crippen molar-refractivity contribution in [2.24, 2.45) is 5.92 Å². The molecule has 1 aromatic carbocycles. The quantitative estimate of drug-likeness (QED) is 0.629. The highest BCUT2D eigenvalue weighted by atomic mass is 32.1. The zero-order chi connectivity index (χ0) is 18.1. The van der Waals surface area contributed by atoms with Crippen molar-refractivity contribution in [3.05, 3.63) is 57.0 Å². The van der Waals surface area contributed by atoms with Crippen molar-refractivity contribution in [3.8, 4) is 5.75 Å². The van der Waals surface area contributed by atoms with Gasteiger partial charge in [0.05, 0.1) is 12.0 Å². The molecule has 0 spiro atoms. The molecule has 0 fully saturated rings.